The van der Waals surface area contributed by atoms with Crippen LogP contribution in [0.2, 0.25) is 0 Å². The third kappa shape index (κ3) is 3.84. The molecule has 0 bridgehead atoms. The molecule has 1 aromatic carbocycles. The number of halogens is 1. The number of aryl methyl sites for hydroxylation is 1. The van der Waals surface area contributed by atoms with E-state index in [4.69, 9.17) is 4.74 Å². The van der Waals surface area contributed by atoms with Gasteiger partial charge >= 0.3 is 0 Å². The highest BCUT2D eigenvalue weighted by Gasteiger charge is 2.21. The van der Waals surface area contributed by atoms with Crippen molar-refractivity contribution in [1.29, 1.82) is 5.26 Å². The average molecular weight is 461 g/mol. The Labute approximate surface area is 167 Å². The highest BCUT2D eigenvalue weighted by molar-refractivity contribution is 14.1. The first-order valence-corrected chi connectivity index (χ1v) is 9.53. The van der Waals surface area contributed by atoms with Crippen LogP contribution >= 0.6 is 22.6 Å². The van der Waals surface area contributed by atoms with Crippen molar-refractivity contribution >= 4 is 34.6 Å². The monoisotopic (exact) mass is 461 g/mol. The Balaban J connectivity index is 1.94. The molecule has 0 atom stereocenters. The minimum atomic E-state index is -0.227. The summed E-state index contributed by atoms with van der Waals surface area (Å²) in [6.45, 7) is 6.12. The van der Waals surface area contributed by atoms with E-state index < -0.39 is 0 Å². The number of ether oxygens (including phenoxy) is 1. The number of morpholine rings is 1. The standard InChI is InChI=1S/C20H20IN3O2/c1-14-11-16(15(2)24(14)19-5-3-18(21)4-6-19)12-17(13-22)20(25)23-7-9-26-10-8-23/h3-6,11-12H,7-10H2,1-2H3/b17-12-. The van der Waals surface area contributed by atoms with Crippen molar-refractivity contribution in [3.05, 3.63) is 56.4 Å². The van der Waals surface area contributed by atoms with Crippen molar-refractivity contribution in [1.82, 2.24) is 9.47 Å². The van der Waals surface area contributed by atoms with Crippen LogP contribution in [0.4, 0.5) is 0 Å². The second-order valence-corrected chi connectivity index (χ2v) is 7.46. The number of aromatic nitrogens is 1. The number of hydrogen-bond acceptors (Lipinski definition) is 3. The van der Waals surface area contributed by atoms with Crippen molar-refractivity contribution in [3.63, 3.8) is 0 Å². The van der Waals surface area contributed by atoms with Gasteiger partial charge in [0, 0.05) is 33.7 Å². The zero-order valence-electron chi connectivity index (χ0n) is 14.8. The largest absolute Gasteiger partial charge is 0.378 e. The first kappa shape index (κ1) is 18.7. The molecular weight excluding hydrogens is 441 g/mol. The Morgan fingerprint density at radius 1 is 1.23 bits per heavy atom. The topological polar surface area (TPSA) is 58.3 Å². The molecule has 5 nitrogen and oxygen atoms in total. The third-order valence-electron chi connectivity index (χ3n) is 4.50. The Kier molecular flexibility index (Phi) is 5.79. The molecule has 0 spiro atoms. The number of nitriles is 1. The normalized spacial score (nSPS) is 15.0. The molecule has 0 saturated carbocycles. The maximum absolute atomic E-state index is 12.6. The molecule has 0 aliphatic carbocycles. The first-order chi connectivity index (χ1) is 12.5. The van der Waals surface area contributed by atoms with Gasteiger partial charge in [-0.15, -0.1) is 0 Å². The van der Waals surface area contributed by atoms with Crippen LogP contribution in [0.3, 0.4) is 0 Å². The highest BCUT2D eigenvalue weighted by Crippen LogP contribution is 2.24. The predicted octanol–water partition coefficient (Wildman–Crippen LogP) is 3.46. The zero-order chi connectivity index (χ0) is 18.7. The van der Waals surface area contributed by atoms with Crippen LogP contribution in [0, 0.1) is 28.7 Å². The summed E-state index contributed by atoms with van der Waals surface area (Å²) in [7, 11) is 0. The molecule has 1 amide bonds. The molecule has 1 aromatic heterocycles. The molecule has 6 heteroatoms. The van der Waals surface area contributed by atoms with Gasteiger partial charge in [0.1, 0.15) is 11.6 Å². The van der Waals surface area contributed by atoms with E-state index in [2.05, 4.69) is 57.5 Å². The second kappa shape index (κ2) is 8.06. The molecular formula is C20H20IN3O2. The zero-order valence-corrected chi connectivity index (χ0v) is 17.0. The molecule has 3 rings (SSSR count). The molecule has 26 heavy (non-hydrogen) atoms. The Morgan fingerprint density at radius 3 is 2.50 bits per heavy atom. The van der Waals surface area contributed by atoms with Gasteiger partial charge < -0.3 is 14.2 Å². The van der Waals surface area contributed by atoms with Crippen LogP contribution in [0.1, 0.15) is 17.0 Å². The van der Waals surface area contributed by atoms with E-state index >= 15 is 0 Å². The molecule has 0 unspecified atom stereocenters. The van der Waals surface area contributed by atoms with Gasteiger partial charge in [-0.05, 0) is 78.4 Å². The smallest absolute Gasteiger partial charge is 0.264 e. The maximum atomic E-state index is 12.6. The molecule has 1 aliphatic rings. The number of carbonyl (C=O) groups is 1. The van der Waals surface area contributed by atoms with E-state index in [9.17, 15) is 10.1 Å². The Bertz CT molecular complexity index is 885. The molecule has 1 aliphatic heterocycles. The Morgan fingerprint density at radius 2 is 1.88 bits per heavy atom. The van der Waals surface area contributed by atoms with Crippen molar-refractivity contribution < 1.29 is 9.53 Å². The van der Waals surface area contributed by atoms with Crippen LogP contribution in [0.5, 0.6) is 0 Å². The van der Waals surface area contributed by atoms with Crippen molar-refractivity contribution in [3.8, 4) is 11.8 Å². The number of amides is 1. The lowest BCUT2D eigenvalue weighted by molar-refractivity contribution is -0.130. The molecule has 0 N–H and O–H groups in total. The maximum Gasteiger partial charge on any atom is 0.264 e. The first-order valence-electron chi connectivity index (χ1n) is 8.45. The molecule has 2 heterocycles. The van der Waals surface area contributed by atoms with E-state index in [0.29, 0.717) is 26.3 Å². The predicted molar refractivity (Wildman–Crippen MR) is 109 cm³/mol. The summed E-state index contributed by atoms with van der Waals surface area (Å²) in [5.41, 5.74) is 4.18. The van der Waals surface area contributed by atoms with Crippen LogP contribution in [-0.4, -0.2) is 41.7 Å². The third-order valence-corrected chi connectivity index (χ3v) is 5.22. The SMILES string of the molecule is Cc1cc(/C=C(/C#N)C(=O)N2CCOCC2)c(C)n1-c1ccc(I)cc1. The summed E-state index contributed by atoms with van der Waals surface area (Å²) < 4.78 is 8.59. The van der Waals surface area contributed by atoms with E-state index in [0.717, 1.165) is 22.6 Å². The summed E-state index contributed by atoms with van der Waals surface area (Å²) in [6.07, 6.45) is 1.70. The lowest BCUT2D eigenvalue weighted by Crippen LogP contribution is -2.41. The van der Waals surface area contributed by atoms with E-state index in [-0.39, 0.29) is 11.5 Å². The van der Waals surface area contributed by atoms with Gasteiger partial charge in [0.15, 0.2) is 0 Å². The van der Waals surface area contributed by atoms with Gasteiger partial charge in [-0.1, -0.05) is 0 Å². The molecule has 0 radical (unpaired) electrons. The number of carbonyl (C=O) groups excluding carboxylic acids is 1. The van der Waals surface area contributed by atoms with E-state index in [1.54, 1.807) is 11.0 Å². The van der Waals surface area contributed by atoms with Crippen molar-refractivity contribution in [2.24, 2.45) is 0 Å². The van der Waals surface area contributed by atoms with Gasteiger partial charge in [-0.2, -0.15) is 5.26 Å². The van der Waals surface area contributed by atoms with Crippen LogP contribution < -0.4 is 0 Å². The second-order valence-electron chi connectivity index (χ2n) is 6.21. The number of hydrogen-bond donors (Lipinski definition) is 0. The average Bonchev–Trinajstić information content (AvgIpc) is 2.94. The fourth-order valence-corrected chi connectivity index (χ4v) is 3.51. The summed E-state index contributed by atoms with van der Waals surface area (Å²) in [4.78, 5) is 14.3. The lowest BCUT2D eigenvalue weighted by atomic mass is 10.1. The number of nitrogens with zero attached hydrogens (tertiary/aromatic N) is 3. The summed E-state index contributed by atoms with van der Waals surface area (Å²) in [5.74, 6) is -0.227. The van der Waals surface area contributed by atoms with E-state index in [1.807, 2.05) is 19.9 Å². The molecule has 2 aromatic rings. The molecule has 1 fully saturated rings. The van der Waals surface area contributed by atoms with Crippen LogP contribution in [0.15, 0.2) is 35.9 Å². The fourth-order valence-electron chi connectivity index (χ4n) is 3.16. The minimum absolute atomic E-state index is 0.162. The summed E-state index contributed by atoms with van der Waals surface area (Å²) in [5, 5.41) is 9.50. The van der Waals surface area contributed by atoms with Crippen LogP contribution in [0.25, 0.3) is 11.8 Å². The van der Waals surface area contributed by atoms with Gasteiger partial charge in [-0.3, -0.25) is 4.79 Å². The highest BCUT2D eigenvalue weighted by atomic mass is 127. The number of rotatable bonds is 3. The summed E-state index contributed by atoms with van der Waals surface area (Å²) >= 11 is 2.28. The van der Waals surface area contributed by atoms with Gasteiger partial charge in [0.25, 0.3) is 5.91 Å². The lowest BCUT2D eigenvalue weighted by Gasteiger charge is -2.26. The van der Waals surface area contributed by atoms with E-state index in [1.165, 1.54) is 3.57 Å². The van der Waals surface area contributed by atoms with Crippen LogP contribution in [-0.2, 0) is 9.53 Å². The Hall–Kier alpha value is -2.11. The minimum Gasteiger partial charge on any atom is -0.378 e. The fraction of sp³-hybridized carbons (Fsp3) is 0.300. The van der Waals surface area contributed by atoms with Gasteiger partial charge in [0.2, 0.25) is 0 Å². The molecule has 1 saturated heterocycles. The summed E-state index contributed by atoms with van der Waals surface area (Å²) in [6, 6.07) is 12.3. The quantitative estimate of drug-likeness (QED) is 0.400. The van der Waals surface area contributed by atoms with Gasteiger partial charge in [0.05, 0.1) is 13.2 Å². The van der Waals surface area contributed by atoms with Gasteiger partial charge in [-0.25, -0.2) is 0 Å². The molecule has 134 valence electrons. The number of benzene rings is 1. The van der Waals surface area contributed by atoms with Crippen molar-refractivity contribution in [2.45, 2.75) is 13.8 Å². The van der Waals surface area contributed by atoms with Crippen molar-refractivity contribution in [2.75, 3.05) is 26.3 Å².